The third-order valence-corrected chi connectivity index (χ3v) is 1.06. The zero-order valence-electron chi connectivity index (χ0n) is 7.62. The Morgan fingerprint density at radius 2 is 1.83 bits per heavy atom. The van der Waals surface area contributed by atoms with Crippen LogP contribution in [0.15, 0.2) is 0 Å². The van der Waals surface area contributed by atoms with Gasteiger partial charge in [-0.2, -0.15) is 0 Å². The van der Waals surface area contributed by atoms with E-state index in [1.54, 1.807) is 0 Å². The molecule has 70 valence electrons. The number of carbonyl (C=O) groups is 2. The van der Waals surface area contributed by atoms with Gasteiger partial charge in [0.2, 0.25) is 6.79 Å². The zero-order chi connectivity index (χ0) is 9.56. The fourth-order valence-electron chi connectivity index (χ4n) is 0.570. The van der Waals surface area contributed by atoms with E-state index in [-0.39, 0.29) is 18.7 Å². The van der Waals surface area contributed by atoms with Crippen molar-refractivity contribution in [1.29, 1.82) is 0 Å². The fraction of sp³-hybridized carbons (Fsp3) is 0.750. The number of hydrogen-bond donors (Lipinski definition) is 0. The van der Waals surface area contributed by atoms with E-state index in [1.807, 2.05) is 13.8 Å². The van der Waals surface area contributed by atoms with Crippen LogP contribution in [0, 0.1) is 5.92 Å². The Labute approximate surface area is 71.8 Å². The molecule has 0 unspecified atom stereocenters. The minimum absolute atomic E-state index is 0.259. The molecule has 0 N–H and O–H groups in total. The molecule has 0 aromatic rings. The summed E-state index contributed by atoms with van der Waals surface area (Å²) in [7, 11) is 0. The van der Waals surface area contributed by atoms with Gasteiger partial charge in [0.1, 0.15) is 0 Å². The predicted octanol–water partition coefficient (Wildman–Crippen LogP) is 1.10. The number of rotatable bonds is 4. The van der Waals surface area contributed by atoms with Crippen molar-refractivity contribution in [2.24, 2.45) is 5.92 Å². The van der Waals surface area contributed by atoms with Crippen molar-refractivity contribution in [3.8, 4) is 0 Å². The molecule has 4 heteroatoms. The molecule has 0 aromatic heterocycles. The maximum absolute atomic E-state index is 10.8. The molecule has 4 nitrogen and oxygen atoms in total. The van der Waals surface area contributed by atoms with Crippen molar-refractivity contribution < 1.29 is 19.1 Å². The molecule has 0 saturated carbocycles. The second-order valence-electron chi connectivity index (χ2n) is 2.87. The van der Waals surface area contributed by atoms with Crippen LogP contribution in [-0.4, -0.2) is 18.7 Å². The molecule has 0 bridgehead atoms. The van der Waals surface area contributed by atoms with Gasteiger partial charge in [0.25, 0.3) is 0 Å². The van der Waals surface area contributed by atoms with Crippen LogP contribution in [0.25, 0.3) is 0 Å². The van der Waals surface area contributed by atoms with E-state index in [1.165, 1.54) is 6.92 Å². The van der Waals surface area contributed by atoms with Gasteiger partial charge in [-0.05, 0) is 5.92 Å². The molecule has 0 saturated heterocycles. The van der Waals surface area contributed by atoms with E-state index >= 15 is 0 Å². The number of esters is 2. The Hall–Kier alpha value is -1.06. The molecule has 0 spiro atoms. The maximum Gasteiger partial charge on any atom is 0.308 e. The van der Waals surface area contributed by atoms with Crippen molar-refractivity contribution in [3.05, 3.63) is 0 Å². The first kappa shape index (κ1) is 10.9. The zero-order valence-corrected chi connectivity index (χ0v) is 7.62. The van der Waals surface area contributed by atoms with E-state index in [2.05, 4.69) is 9.47 Å². The van der Waals surface area contributed by atoms with Crippen LogP contribution in [-0.2, 0) is 19.1 Å². The highest BCUT2D eigenvalue weighted by atomic mass is 16.7. The van der Waals surface area contributed by atoms with E-state index < -0.39 is 5.97 Å². The van der Waals surface area contributed by atoms with Crippen molar-refractivity contribution in [2.45, 2.75) is 27.2 Å². The van der Waals surface area contributed by atoms with Crippen LogP contribution >= 0.6 is 0 Å². The van der Waals surface area contributed by atoms with Crippen LogP contribution in [0.3, 0.4) is 0 Å². The molecule has 0 heterocycles. The van der Waals surface area contributed by atoms with E-state index in [4.69, 9.17) is 0 Å². The SMILES string of the molecule is CC(=O)OCOC(=O)CC(C)C. The molecule has 0 radical (unpaired) electrons. The molecule has 0 aliphatic heterocycles. The minimum Gasteiger partial charge on any atom is -0.428 e. The summed E-state index contributed by atoms with van der Waals surface area (Å²) in [5.41, 5.74) is 0. The Morgan fingerprint density at radius 3 is 2.25 bits per heavy atom. The fourth-order valence-corrected chi connectivity index (χ4v) is 0.570. The molecule has 0 aliphatic rings. The number of carbonyl (C=O) groups excluding carboxylic acids is 2. The quantitative estimate of drug-likeness (QED) is 0.473. The first-order chi connectivity index (χ1) is 5.52. The average Bonchev–Trinajstić information content (AvgIpc) is 1.84. The number of hydrogen-bond acceptors (Lipinski definition) is 4. The molecule has 0 aromatic carbocycles. The molecule has 0 fully saturated rings. The van der Waals surface area contributed by atoms with Crippen LogP contribution in [0.2, 0.25) is 0 Å². The number of ether oxygens (including phenoxy) is 2. The largest absolute Gasteiger partial charge is 0.428 e. The highest BCUT2D eigenvalue weighted by Crippen LogP contribution is 2.00. The van der Waals surface area contributed by atoms with Gasteiger partial charge in [-0.15, -0.1) is 0 Å². The van der Waals surface area contributed by atoms with Gasteiger partial charge in [-0.3, -0.25) is 9.59 Å². The average molecular weight is 174 g/mol. The van der Waals surface area contributed by atoms with Crippen LogP contribution < -0.4 is 0 Å². The summed E-state index contributed by atoms with van der Waals surface area (Å²) < 4.78 is 8.99. The summed E-state index contributed by atoms with van der Waals surface area (Å²) in [4.78, 5) is 21.1. The third kappa shape index (κ3) is 7.05. The second kappa shape index (κ2) is 5.57. The summed E-state index contributed by atoms with van der Waals surface area (Å²) in [6, 6.07) is 0. The van der Waals surface area contributed by atoms with Crippen LogP contribution in [0.4, 0.5) is 0 Å². The Morgan fingerprint density at radius 1 is 1.25 bits per heavy atom. The summed E-state index contributed by atoms with van der Waals surface area (Å²) in [5.74, 6) is -0.534. The standard InChI is InChI=1S/C8H14O4/c1-6(2)4-8(10)12-5-11-7(3)9/h6H,4-5H2,1-3H3. The van der Waals surface area contributed by atoms with Gasteiger partial charge in [0, 0.05) is 13.3 Å². The normalized spacial score (nSPS) is 9.67. The van der Waals surface area contributed by atoms with Gasteiger partial charge in [-0.1, -0.05) is 13.8 Å². The highest BCUT2D eigenvalue weighted by Gasteiger charge is 2.05. The Kier molecular flexibility index (Phi) is 5.08. The third-order valence-electron chi connectivity index (χ3n) is 1.06. The Balaban J connectivity index is 3.38. The first-order valence-corrected chi connectivity index (χ1v) is 3.81. The first-order valence-electron chi connectivity index (χ1n) is 3.81. The van der Waals surface area contributed by atoms with E-state index in [0.717, 1.165) is 0 Å². The van der Waals surface area contributed by atoms with Gasteiger partial charge in [0.05, 0.1) is 0 Å². The van der Waals surface area contributed by atoms with Crippen molar-refractivity contribution >= 4 is 11.9 Å². The maximum atomic E-state index is 10.8. The van der Waals surface area contributed by atoms with Gasteiger partial charge in [-0.25, -0.2) is 0 Å². The molecular weight excluding hydrogens is 160 g/mol. The molecular formula is C8H14O4. The minimum atomic E-state index is -0.452. The topological polar surface area (TPSA) is 52.6 Å². The van der Waals surface area contributed by atoms with Gasteiger partial charge >= 0.3 is 11.9 Å². The van der Waals surface area contributed by atoms with Gasteiger partial charge in [0.15, 0.2) is 0 Å². The summed E-state index contributed by atoms with van der Waals surface area (Å²) >= 11 is 0. The molecule has 0 amide bonds. The molecule has 0 rings (SSSR count). The lowest BCUT2D eigenvalue weighted by molar-refractivity contribution is -0.166. The van der Waals surface area contributed by atoms with Crippen molar-refractivity contribution in [1.82, 2.24) is 0 Å². The monoisotopic (exact) mass is 174 g/mol. The van der Waals surface area contributed by atoms with E-state index in [0.29, 0.717) is 6.42 Å². The lowest BCUT2D eigenvalue weighted by Gasteiger charge is -2.05. The lowest BCUT2D eigenvalue weighted by Crippen LogP contribution is -2.12. The van der Waals surface area contributed by atoms with Gasteiger partial charge < -0.3 is 9.47 Å². The summed E-state index contributed by atoms with van der Waals surface area (Å²) in [6.45, 7) is 4.80. The predicted molar refractivity (Wildman–Crippen MR) is 42.2 cm³/mol. The Bertz CT molecular complexity index is 162. The molecule has 12 heavy (non-hydrogen) atoms. The highest BCUT2D eigenvalue weighted by molar-refractivity contribution is 5.70. The van der Waals surface area contributed by atoms with Crippen molar-refractivity contribution in [2.75, 3.05) is 6.79 Å². The van der Waals surface area contributed by atoms with E-state index in [9.17, 15) is 9.59 Å². The van der Waals surface area contributed by atoms with Crippen LogP contribution in [0.5, 0.6) is 0 Å². The smallest absolute Gasteiger partial charge is 0.308 e. The molecule has 0 atom stereocenters. The van der Waals surface area contributed by atoms with Crippen molar-refractivity contribution in [3.63, 3.8) is 0 Å². The summed E-state index contributed by atoms with van der Waals surface area (Å²) in [5, 5.41) is 0. The lowest BCUT2D eigenvalue weighted by atomic mass is 10.1. The summed E-state index contributed by atoms with van der Waals surface area (Å²) in [6.07, 6.45) is 0.348. The molecule has 0 aliphatic carbocycles. The second-order valence-corrected chi connectivity index (χ2v) is 2.87. The van der Waals surface area contributed by atoms with Crippen LogP contribution in [0.1, 0.15) is 27.2 Å².